The van der Waals surface area contributed by atoms with Crippen LogP contribution in [0.2, 0.25) is 0 Å². The number of hydrogen-bond donors (Lipinski definition) is 1. The molecule has 0 heterocycles. The zero-order valence-electron chi connectivity index (χ0n) is 11.5. The van der Waals surface area contributed by atoms with Gasteiger partial charge in [-0.25, -0.2) is 0 Å². The van der Waals surface area contributed by atoms with Crippen LogP contribution in [0.25, 0.3) is 0 Å². The van der Waals surface area contributed by atoms with Gasteiger partial charge in [0, 0.05) is 12.1 Å². The minimum atomic E-state index is -4.71. The fraction of sp³-hybridized carbons (Fsp3) is 0.125. The molecule has 3 nitrogen and oxygen atoms in total. The Morgan fingerprint density at radius 2 is 1.64 bits per heavy atom. The van der Waals surface area contributed by atoms with Gasteiger partial charge in [-0.05, 0) is 42.3 Å². The van der Waals surface area contributed by atoms with Crippen molar-refractivity contribution in [3.05, 3.63) is 72.1 Å². The summed E-state index contributed by atoms with van der Waals surface area (Å²) in [5.41, 5.74) is 1.96. The van der Waals surface area contributed by atoms with Crippen molar-refractivity contribution in [1.29, 1.82) is 0 Å². The van der Waals surface area contributed by atoms with E-state index in [4.69, 9.17) is 0 Å². The first-order valence-electron chi connectivity index (χ1n) is 6.38. The third-order valence-electron chi connectivity index (χ3n) is 2.83. The standard InChI is InChI=1S/C16H13F3NO2/c1-11-2-6-13(7-3-11)15(21)20-10-12-4-8-14(9-5-12)22-16(17,18)19/h2-9H,1,10H2,(H,20,21). The van der Waals surface area contributed by atoms with Crippen molar-refractivity contribution >= 4 is 5.91 Å². The second-order valence-corrected chi connectivity index (χ2v) is 4.57. The van der Waals surface area contributed by atoms with Crippen molar-refractivity contribution in [3.63, 3.8) is 0 Å². The van der Waals surface area contributed by atoms with E-state index >= 15 is 0 Å². The summed E-state index contributed by atoms with van der Waals surface area (Å²) in [5.74, 6) is -0.566. The molecule has 0 aliphatic carbocycles. The molecule has 2 rings (SSSR count). The lowest BCUT2D eigenvalue weighted by atomic mass is 10.1. The van der Waals surface area contributed by atoms with Gasteiger partial charge < -0.3 is 10.1 Å². The van der Waals surface area contributed by atoms with Gasteiger partial charge in [0.2, 0.25) is 0 Å². The zero-order valence-corrected chi connectivity index (χ0v) is 11.5. The molecule has 2 aromatic rings. The third-order valence-corrected chi connectivity index (χ3v) is 2.83. The maximum absolute atomic E-state index is 12.0. The summed E-state index contributed by atoms with van der Waals surface area (Å²) in [7, 11) is 0. The number of rotatable bonds is 4. The Bertz CT molecular complexity index is 634. The molecule has 1 amide bonds. The van der Waals surface area contributed by atoms with Crippen LogP contribution in [0.5, 0.6) is 5.75 Å². The van der Waals surface area contributed by atoms with Crippen molar-refractivity contribution in [2.24, 2.45) is 0 Å². The summed E-state index contributed by atoms with van der Waals surface area (Å²) in [5, 5.41) is 2.68. The molecule has 0 saturated carbocycles. The molecule has 0 atom stereocenters. The third kappa shape index (κ3) is 4.80. The summed E-state index contributed by atoms with van der Waals surface area (Å²) in [4.78, 5) is 11.9. The van der Waals surface area contributed by atoms with Gasteiger partial charge in [-0.1, -0.05) is 24.3 Å². The maximum atomic E-state index is 12.0. The van der Waals surface area contributed by atoms with Crippen molar-refractivity contribution in [1.82, 2.24) is 5.32 Å². The minimum absolute atomic E-state index is 0.206. The van der Waals surface area contributed by atoms with Gasteiger partial charge in [0.15, 0.2) is 0 Å². The number of carbonyl (C=O) groups excluding carboxylic acids is 1. The monoisotopic (exact) mass is 308 g/mol. The molecule has 0 spiro atoms. The molecule has 0 bridgehead atoms. The van der Waals surface area contributed by atoms with Crippen LogP contribution >= 0.6 is 0 Å². The van der Waals surface area contributed by atoms with Gasteiger partial charge in [-0.2, -0.15) is 0 Å². The number of benzene rings is 2. The molecule has 1 radical (unpaired) electrons. The van der Waals surface area contributed by atoms with E-state index in [2.05, 4.69) is 17.0 Å². The molecule has 0 saturated heterocycles. The molecule has 0 fully saturated rings. The van der Waals surface area contributed by atoms with Crippen molar-refractivity contribution in [2.45, 2.75) is 12.9 Å². The van der Waals surface area contributed by atoms with E-state index in [1.165, 1.54) is 24.3 Å². The molecule has 1 N–H and O–H groups in total. The van der Waals surface area contributed by atoms with Crippen molar-refractivity contribution < 1.29 is 22.7 Å². The topological polar surface area (TPSA) is 38.3 Å². The highest BCUT2D eigenvalue weighted by molar-refractivity contribution is 5.94. The quantitative estimate of drug-likeness (QED) is 0.935. The van der Waals surface area contributed by atoms with Gasteiger partial charge in [0.1, 0.15) is 5.75 Å². The van der Waals surface area contributed by atoms with E-state index in [0.717, 1.165) is 5.56 Å². The Balaban J connectivity index is 1.91. The number of ether oxygens (including phenoxy) is 1. The van der Waals surface area contributed by atoms with Crippen LogP contribution in [-0.4, -0.2) is 12.3 Å². The van der Waals surface area contributed by atoms with E-state index in [-0.39, 0.29) is 18.2 Å². The van der Waals surface area contributed by atoms with E-state index in [1.807, 2.05) is 0 Å². The van der Waals surface area contributed by atoms with Gasteiger partial charge in [0.25, 0.3) is 5.91 Å². The Kier molecular flexibility index (Phi) is 4.70. The Hall–Kier alpha value is -2.50. The van der Waals surface area contributed by atoms with Gasteiger partial charge >= 0.3 is 6.36 Å². The minimum Gasteiger partial charge on any atom is -0.406 e. The fourth-order valence-electron chi connectivity index (χ4n) is 1.75. The zero-order chi connectivity index (χ0) is 16.2. The summed E-state index contributed by atoms with van der Waals surface area (Å²) in [6, 6.07) is 12.1. The highest BCUT2D eigenvalue weighted by atomic mass is 19.4. The largest absolute Gasteiger partial charge is 0.573 e. The van der Waals surface area contributed by atoms with Crippen LogP contribution in [0, 0.1) is 6.92 Å². The Morgan fingerprint density at radius 3 is 2.18 bits per heavy atom. The summed E-state index contributed by atoms with van der Waals surface area (Å²) >= 11 is 0. The van der Waals surface area contributed by atoms with Gasteiger partial charge in [-0.15, -0.1) is 13.2 Å². The van der Waals surface area contributed by atoms with Crippen LogP contribution in [0.3, 0.4) is 0 Å². The smallest absolute Gasteiger partial charge is 0.406 e. The highest BCUT2D eigenvalue weighted by Gasteiger charge is 2.30. The van der Waals surface area contributed by atoms with E-state index in [9.17, 15) is 18.0 Å². The van der Waals surface area contributed by atoms with Crippen LogP contribution in [0.4, 0.5) is 13.2 Å². The number of hydrogen-bond acceptors (Lipinski definition) is 2. The number of halogens is 3. The van der Waals surface area contributed by atoms with Gasteiger partial charge in [-0.3, -0.25) is 4.79 Å². The second-order valence-electron chi connectivity index (χ2n) is 4.57. The average Bonchev–Trinajstić information content (AvgIpc) is 2.45. The predicted molar refractivity (Wildman–Crippen MR) is 75.2 cm³/mol. The number of carbonyl (C=O) groups is 1. The second kappa shape index (κ2) is 6.51. The van der Waals surface area contributed by atoms with E-state index in [1.54, 1.807) is 24.3 Å². The maximum Gasteiger partial charge on any atom is 0.573 e. The fourth-order valence-corrected chi connectivity index (χ4v) is 1.75. The molecule has 6 heteroatoms. The van der Waals surface area contributed by atoms with Gasteiger partial charge in [0.05, 0.1) is 0 Å². The normalized spacial score (nSPS) is 11.1. The molecule has 2 aromatic carbocycles. The van der Waals surface area contributed by atoms with Crippen molar-refractivity contribution in [2.75, 3.05) is 0 Å². The molecule has 115 valence electrons. The lowest BCUT2D eigenvalue weighted by molar-refractivity contribution is -0.274. The molecular formula is C16H13F3NO2. The SMILES string of the molecule is [CH2]c1ccc(C(=O)NCc2ccc(OC(F)(F)F)cc2)cc1. The molecule has 0 aromatic heterocycles. The van der Waals surface area contributed by atoms with Crippen LogP contribution < -0.4 is 10.1 Å². The number of amides is 1. The van der Waals surface area contributed by atoms with Crippen LogP contribution in [-0.2, 0) is 6.54 Å². The lowest BCUT2D eigenvalue weighted by Gasteiger charge is -2.10. The first-order chi connectivity index (χ1) is 10.3. The van der Waals surface area contributed by atoms with E-state index in [0.29, 0.717) is 11.1 Å². The van der Waals surface area contributed by atoms with Crippen molar-refractivity contribution in [3.8, 4) is 5.75 Å². The molecule has 0 aliphatic rings. The molecule has 0 aliphatic heterocycles. The number of nitrogens with one attached hydrogen (secondary N) is 1. The predicted octanol–water partition coefficient (Wildman–Crippen LogP) is 3.70. The first-order valence-corrected chi connectivity index (χ1v) is 6.38. The van der Waals surface area contributed by atoms with Crippen LogP contribution in [0.15, 0.2) is 48.5 Å². The Labute approximate surface area is 125 Å². The summed E-state index contributed by atoms with van der Waals surface area (Å²) in [6.07, 6.45) is -4.71. The highest BCUT2D eigenvalue weighted by Crippen LogP contribution is 2.22. The Morgan fingerprint density at radius 1 is 1.05 bits per heavy atom. The summed E-state index contributed by atoms with van der Waals surface area (Å²) < 4.78 is 39.9. The summed E-state index contributed by atoms with van der Waals surface area (Å²) in [6.45, 7) is 3.93. The molecule has 0 unspecified atom stereocenters. The lowest BCUT2D eigenvalue weighted by Crippen LogP contribution is -2.22. The molecule has 22 heavy (non-hydrogen) atoms. The number of alkyl halides is 3. The molecular weight excluding hydrogens is 295 g/mol. The van der Waals surface area contributed by atoms with E-state index < -0.39 is 6.36 Å². The van der Waals surface area contributed by atoms with Crippen LogP contribution in [0.1, 0.15) is 21.5 Å². The first kappa shape index (κ1) is 15.9. The average molecular weight is 308 g/mol.